The number of pyridine rings is 1. The number of ketones is 1. The number of nitrogens with zero attached hydrogens (tertiary/aromatic N) is 1. The van der Waals surface area contributed by atoms with Crippen LogP contribution in [-0.4, -0.2) is 29.0 Å². The summed E-state index contributed by atoms with van der Waals surface area (Å²) in [4.78, 5) is 28.0. The van der Waals surface area contributed by atoms with Crippen molar-refractivity contribution in [2.75, 3.05) is 6.54 Å². The Hall–Kier alpha value is -1.91. The van der Waals surface area contributed by atoms with E-state index in [1.807, 2.05) is 0 Å². The van der Waals surface area contributed by atoms with Crippen molar-refractivity contribution in [1.29, 1.82) is 0 Å². The monoisotopic (exact) mass is 278 g/mol. The van der Waals surface area contributed by atoms with Crippen molar-refractivity contribution in [1.82, 2.24) is 10.3 Å². The summed E-state index contributed by atoms with van der Waals surface area (Å²) in [6, 6.07) is 5.18. The zero-order valence-electron chi connectivity index (χ0n) is 12.7. The summed E-state index contributed by atoms with van der Waals surface area (Å²) >= 11 is 0. The van der Waals surface area contributed by atoms with Gasteiger partial charge in [0.1, 0.15) is 11.3 Å². The van der Waals surface area contributed by atoms with Crippen LogP contribution in [0.15, 0.2) is 24.4 Å². The molecular weight excluding hydrogens is 256 g/mol. The normalized spacial score (nSPS) is 11.8. The average molecular weight is 278 g/mol. The number of alkyl carbamates (subject to hydrolysis) is 1. The molecule has 1 aromatic heterocycles. The molecule has 1 N–H and O–H groups in total. The van der Waals surface area contributed by atoms with Crippen LogP contribution >= 0.6 is 0 Å². The lowest BCUT2D eigenvalue weighted by Gasteiger charge is -2.25. The van der Waals surface area contributed by atoms with Crippen LogP contribution in [0.2, 0.25) is 0 Å². The molecule has 0 unspecified atom stereocenters. The standard InChI is InChI=1S/C15H22N2O3/c1-14(2,3)20-13(19)17-10-15(4,5)12(18)11-8-6-7-9-16-11/h6-9H,10H2,1-5H3,(H,17,19). The Balaban J connectivity index is 2.62. The van der Waals surface area contributed by atoms with E-state index in [0.717, 1.165) is 0 Å². The molecule has 0 aliphatic carbocycles. The molecule has 0 atom stereocenters. The molecule has 0 aliphatic rings. The molecule has 110 valence electrons. The van der Waals surface area contributed by atoms with Gasteiger partial charge in [-0.1, -0.05) is 19.9 Å². The summed E-state index contributed by atoms with van der Waals surface area (Å²) in [7, 11) is 0. The Morgan fingerprint density at radius 2 is 1.85 bits per heavy atom. The molecule has 1 heterocycles. The Kier molecular flexibility index (Phi) is 4.87. The number of hydrogen-bond acceptors (Lipinski definition) is 4. The van der Waals surface area contributed by atoms with E-state index in [1.165, 1.54) is 0 Å². The molecule has 0 fully saturated rings. The highest BCUT2D eigenvalue weighted by Gasteiger charge is 2.30. The van der Waals surface area contributed by atoms with E-state index >= 15 is 0 Å². The third-order valence-electron chi connectivity index (χ3n) is 2.59. The maximum Gasteiger partial charge on any atom is 0.407 e. The van der Waals surface area contributed by atoms with Gasteiger partial charge < -0.3 is 10.1 Å². The van der Waals surface area contributed by atoms with E-state index in [2.05, 4.69) is 10.3 Å². The van der Waals surface area contributed by atoms with Crippen LogP contribution in [0.3, 0.4) is 0 Å². The topological polar surface area (TPSA) is 68.3 Å². The van der Waals surface area contributed by atoms with E-state index < -0.39 is 17.1 Å². The van der Waals surface area contributed by atoms with Crippen LogP contribution in [0.25, 0.3) is 0 Å². The van der Waals surface area contributed by atoms with Crippen LogP contribution in [-0.2, 0) is 4.74 Å². The second-order valence-corrected chi connectivity index (χ2v) is 6.28. The fraction of sp³-hybridized carbons (Fsp3) is 0.533. The minimum atomic E-state index is -0.745. The molecule has 20 heavy (non-hydrogen) atoms. The third-order valence-corrected chi connectivity index (χ3v) is 2.59. The quantitative estimate of drug-likeness (QED) is 0.860. The van der Waals surface area contributed by atoms with Crippen LogP contribution in [0.5, 0.6) is 0 Å². The van der Waals surface area contributed by atoms with Crippen molar-refractivity contribution in [3.63, 3.8) is 0 Å². The van der Waals surface area contributed by atoms with Crippen molar-refractivity contribution in [2.45, 2.75) is 40.2 Å². The molecule has 0 radical (unpaired) electrons. The van der Waals surface area contributed by atoms with E-state index in [0.29, 0.717) is 5.69 Å². The molecule has 0 aromatic carbocycles. The van der Waals surface area contributed by atoms with Gasteiger partial charge in [0.05, 0.1) is 0 Å². The molecule has 0 saturated heterocycles. The number of amides is 1. The van der Waals surface area contributed by atoms with Crippen molar-refractivity contribution in [3.05, 3.63) is 30.1 Å². The van der Waals surface area contributed by atoms with E-state index in [9.17, 15) is 9.59 Å². The first-order valence-electron chi connectivity index (χ1n) is 6.54. The first-order chi connectivity index (χ1) is 9.12. The van der Waals surface area contributed by atoms with Gasteiger partial charge in [0.15, 0.2) is 5.78 Å². The van der Waals surface area contributed by atoms with E-state index in [-0.39, 0.29) is 12.3 Å². The lowest BCUT2D eigenvalue weighted by molar-refractivity contribution is 0.0503. The summed E-state index contributed by atoms with van der Waals surface area (Å²) in [5.41, 5.74) is -0.909. The summed E-state index contributed by atoms with van der Waals surface area (Å²) < 4.78 is 5.14. The maximum atomic E-state index is 12.3. The van der Waals surface area contributed by atoms with E-state index in [1.54, 1.807) is 59.0 Å². The Morgan fingerprint density at radius 3 is 2.35 bits per heavy atom. The number of hydrogen-bond donors (Lipinski definition) is 1. The van der Waals surface area contributed by atoms with Crippen LogP contribution in [0, 0.1) is 5.41 Å². The smallest absolute Gasteiger partial charge is 0.407 e. The Morgan fingerprint density at radius 1 is 1.20 bits per heavy atom. The molecule has 1 amide bonds. The van der Waals surface area contributed by atoms with Crippen LogP contribution in [0.1, 0.15) is 45.1 Å². The lowest BCUT2D eigenvalue weighted by atomic mass is 9.86. The second-order valence-electron chi connectivity index (χ2n) is 6.28. The van der Waals surface area contributed by atoms with Gasteiger partial charge in [-0.05, 0) is 32.9 Å². The maximum absolute atomic E-state index is 12.3. The number of carbonyl (C=O) groups is 2. The predicted octanol–water partition coefficient (Wildman–Crippen LogP) is 2.82. The van der Waals surface area contributed by atoms with Crippen molar-refractivity contribution >= 4 is 11.9 Å². The van der Waals surface area contributed by atoms with Crippen LogP contribution < -0.4 is 5.32 Å². The minimum Gasteiger partial charge on any atom is -0.444 e. The van der Waals surface area contributed by atoms with Crippen molar-refractivity contribution < 1.29 is 14.3 Å². The zero-order chi connectivity index (χ0) is 15.4. The summed E-state index contributed by atoms with van der Waals surface area (Å²) in [6.07, 6.45) is 1.05. The first-order valence-corrected chi connectivity index (χ1v) is 6.54. The van der Waals surface area contributed by atoms with Gasteiger partial charge in [-0.25, -0.2) is 4.79 Å². The minimum absolute atomic E-state index is 0.117. The molecule has 0 saturated carbocycles. The zero-order valence-corrected chi connectivity index (χ0v) is 12.7. The Labute approximate surface area is 119 Å². The SMILES string of the molecule is CC(C)(C)OC(=O)NCC(C)(C)C(=O)c1ccccn1. The van der Waals surface area contributed by atoms with E-state index in [4.69, 9.17) is 4.74 Å². The fourth-order valence-electron chi connectivity index (χ4n) is 1.53. The van der Waals surface area contributed by atoms with Gasteiger partial charge in [-0.15, -0.1) is 0 Å². The molecule has 1 rings (SSSR count). The van der Waals surface area contributed by atoms with Gasteiger partial charge >= 0.3 is 6.09 Å². The van der Waals surface area contributed by atoms with Crippen molar-refractivity contribution in [2.24, 2.45) is 5.41 Å². The summed E-state index contributed by atoms with van der Waals surface area (Å²) in [5, 5.41) is 2.62. The average Bonchev–Trinajstić information content (AvgIpc) is 2.35. The van der Waals surface area contributed by atoms with Gasteiger partial charge in [0.2, 0.25) is 0 Å². The van der Waals surface area contributed by atoms with Gasteiger partial charge in [0, 0.05) is 18.2 Å². The number of aromatic nitrogens is 1. The van der Waals surface area contributed by atoms with Gasteiger partial charge in [-0.3, -0.25) is 9.78 Å². The van der Waals surface area contributed by atoms with Crippen molar-refractivity contribution in [3.8, 4) is 0 Å². The molecular formula is C15H22N2O3. The van der Waals surface area contributed by atoms with Crippen LogP contribution in [0.4, 0.5) is 4.79 Å². The number of Topliss-reactive ketones (excluding diaryl/α,β-unsaturated/α-hetero) is 1. The second kappa shape index (κ2) is 6.03. The first kappa shape index (κ1) is 16.1. The molecule has 5 nitrogen and oxygen atoms in total. The third kappa shape index (κ3) is 4.99. The summed E-state index contributed by atoms with van der Waals surface area (Å²) in [5.74, 6) is -0.117. The molecule has 5 heteroatoms. The molecule has 0 aliphatic heterocycles. The fourth-order valence-corrected chi connectivity index (χ4v) is 1.53. The van der Waals surface area contributed by atoms with Gasteiger partial charge in [-0.2, -0.15) is 0 Å². The Bertz CT molecular complexity index is 476. The lowest BCUT2D eigenvalue weighted by Crippen LogP contribution is -2.41. The summed E-state index contributed by atoms with van der Waals surface area (Å²) in [6.45, 7) is 9.09. The molecule has 0 spiro atoms. The highest BCUT2D eigenvalue weighted by Crippen LogP contribution is 2.20. The van der Waals surface area contributed by atoms with Gasteiger partial charge in [0.25, 0.3) is 0 Å². The number of ether oxygens (including phenoxy) is 1. The largest absolute Gasteiger partial charge is 0.444 e. The number of rotatable bonds is 4. The molecule has 0 bridgehead atoms. The highest BCUT2D eigenvalue weighted by atomic mass is 16.6. The number of carbonyl (C=O) groups excluding carboxylic acids is 2. The highest BCUT2D eigenvalue weighted by molar-refractivity contribution is 5.98. The molecule has 1 aromatic rings. The predicted molar refractivity (Wildman–Crippen MR) is 76.6 cm³/mol. The number of nitrogens with one attached hydrogen (secondary N) is 1.